The average Bonchev–Trinajstić information content (AvgIpc) is 2.67. The Balaban J connectivity index is 2.16. The number of nitrogens with one attached hydrogen (secondary N) is 1. The molecular weight excluding hydrogens is 388 g/mol. The van der Waals surface area contributed by atoms with E-state index in [4.69, 9.17) is 4.74 Å². The Labute approximate surface area is 176 Å². The SMILES string of the molecule is CC(C)C(CNC(=O)c1ccc(F)cc1)C(OC(=O)c1ccc(F)cc1)C(C)(C)C. The van der Waals surface area contributed by atoms with Gasteiger partial charge >= 0.3 is 5.97 Å². The molecule has 0 aliphatic rings. The van der Waals surface area contributed by atoms with Crippen LogP contribution in [0.3, 0.4) is 0 Å². The summed E-state index contributed by atoms with van der Waals surface area (Å²) in [6.07, 6.45) is -0.497. The molecule has 2 aromatic rings. The van der Waals surface area contributed by atoms with E-state index in [2.05, 4.69) is 5.32 Å². The lowest BCUT2D eigenvalue weighted by atomic mass is 9.76. The van der Waals surface area contributed by atoms with Gasteiger partial charge in [-0.15, -0.1) is 0 Å². The summed E-state index contributed by atoms with van der Waals surface area (Å²) in [6.45, 7) is 10.2. The van der Waals surface area contributed by atoms with Crippen LogP contribution in [-0.4, -0.2) is 24.5 Å². The summed E-state index contributed by atoms with van der Waals surface area (Å²) in [5, 5.41) is 2.87. The van der Waals surface area contributed by atoms with E-state index in [9.17, 15) is 18.4 Å². The molecule has 0 spiro atoms. The predicted molar refractivity (Wildman–Crippen MR) is 112 cm³/mol. The van der Waals surface area contributed by atoms with E-state index in [1.807, 2.05) is 34.6 Å². The molecule has 4 nitrogen and oxygen atoms in total. The lowest BCUT2D eigenvalue weighted by Gasteiger charge is -2.38. The molecule has 6 heteroatoms. The van der Waals surface area contributed by atoms with Crippen LogP contribution in [0.4, 0.5) is 8.78 Å². The predicted octanol–water partition coefficient (Wildman–Crippen LogP) is 5.24. The van der Waals surface area contributed by atoms with E-state index in [0.29, 0.717) is 5.56 Å². The zero-order chi connectivity index (χ0) is 22.5. The van der Waals surface area contributed by atoms with Crippen molar-refractivity contribution in [2.24, 2.45) is 17.3 Å². The van der Waals surface area contributed by atoms with Gasteiger partial charge in [-0.3, -0.25) is 4.79 Å². The number of ether oxygens (including phenoxy) is 1. The molecule has 2 unspecified atom stereocenters. The Bertz CT molecular complexity index is 856. The third-order valence-corrected chi connectivity index (χ3v) is 5.02. The molecule has 0 saturated heterocycles. The van der Waals surface area contributed by atoms with E-state index in [1.165, 1.54) is 48.5 Å². The van der Waals surface area contributed by atoms with Crippen molar-refractivity contribution >= 4 is 11.9 Å². The van der Waals surface area contributed by atoms with Crippen LogP contribution in [-0.2, 0) is 4.74 Å². The molecule has 0 radical (unpaired) electrons. The normalized spacial score (nSPS) is 13.6. The summed E-state index contributed by atoms with van der Waals surface area (Å²) in [5.74, 6) is -1.76. The first kappa shape index (κ1) is 23.5. The molecule has 0 fully saturated rings. The van der Waals surface area contributed by atoms with Crippen LogP contribution in [0.5, 0.6) is 0 Å². The van der Waals surface area contributed by atoms with Crippen LogP contribution < -0.4 is 5.32 Å². The van der Waals surface area contributed by atoms with Crippen LogP contribution in [0.2, 0.25) is 0 Å². The molecule has 30 heavy (non-hydrogen) atoms. The van der Waals surface area contributed by atoms with Crippen LogP contribution in [0.1, 0.15) is 55.3 Å². The first-order valence-electron chi connectivity index (χ1n) is 9.99. The van der Waals surface area contributed by atoms with Gasteiger partial charge in [-0.25, -0.2) is 13.6 Å². The van der Waals surface area contributed by atoms with E-state index in [0.717, 1.165) is 0 Å². The molecule has 1 amide bonds. The summed E-state index contributed by atoms with van der Waals surface area (Å²) in [5.41, 5.74) is 0.226. The van der Waals surface area contributed by atoms with Gasteiger partial charge in [-0.1, -0.05) is 34.6 Å². The molecule has 2 atom stereocenters. The van der Waals surface area contributed by atoms with Gasteiger partial charge in [0.15, 0.2) is 0 Å². The van der Waals surface area contributed by atoms with Crippen molar-refractivity contribution in [3.63, 3.8) is 0 Å². The molecule has 0 aliphatic heterocycles. The molecule has 0 saturated carbocycles. The Kier molecular flexibility index (Phi) is 7.71. The second-order valence-electron chi connectivity index (χ2n) is 8.82. The average molecular weight is 417 g/mol. The lowest BCUT2D eigenvalue weighted by molar-refractivity contribution is -0.0384. The van der Waals surface area contributed by atoms with Crippen molar-refractivity contribution in [3.8, 4) is 0 Å². The quantitative estimate of drug-likeness (QED) is 0.627. The maximum absolute atomic E-state index is 13.2. The Morgan fingerprint density at radius 3 is 1.80 bits per heavy atom. The van der Waals surface area contributed by atoms with Crippen LogP contribution in [0.25, 0.3) is 0 Å². The minimum Gasteiger partial charge on any atom is -0.458 e. The monoisotopic (exact) mass is 417 g/mol. The molecule has 2 aromatic carbocycles. The molecule has 0 heterocycles. The zero-order valence-corrected chi connectivity index (χ0v) is 18.0. The maximum Gasteiger partial charge on any atom is 0.338 e. The third kappa shape index (κ3) is 6.37. The van der Waals surface area contributed by atoms with Crippen LogP contribution in [0.15, 0.2) is 48.5 Å². The topological polar surface area (TPSA) is 55.4 Å². The van der Waals surface area contributed by atoms with E-state index in [1.54, 1.807) is 0 Å². The molecule has 0 bridgehead atoms. The van der Waals surface area contributed by atoms with Gasteiger partial charge in [0, 0.05) is 18.0 Å². The number of carbonyl (C=O) groups excluding carboxylic acids is 2. The first-order chi connectivity index (χ1) is 14.0. The van der Waals surface area contributed by atoms with Crippen LogP contribution >= 0.6 is 0 Å². The number of hydrogen-bond donors (Lipinski definition) is 1. The molecule has 0 aliphatic carbocycles. The van der Waals surface area contributed by atoms with Gasteiger partial charge in [0.2, 0.25) is 0 Å². The van der Waals surface area contributed by atoms with Crippen molar-refractivity contribution in [1.29, 1.82) is 0 Å². The highest BCUT2D eigenvalue weighted by molar-refractivity contribution is 5.94. The number of carbonyl (C=O) groups is 2. The number of esters is 1. The third-order valence-electron chi connectivity index (χ3n) is 5.02. The zero-order valence-electron chi connectivity index (χ0n) is 18.0. The maximum atomic E-state index is 13.2. The summed E-state index contributed by atoms with van der Waals surface area (Å²) < 4.78 is 32.1. The fourth-order valence-corrected chi connectivity index (χ4v) is 3.28. The second-order valence-corrected chi connectivity index (χ2v) is 8.82. The molecule has 0 aromatic heterocycles. The fraction of sp³-hybridized carbons (Fsp3) is 0.417. The smallest absolute Gasteiger partial charge is 0.338 e. The highest BCUT2D eigenvalue weighted by Gasteiger charge is 2.37. The number of benzene rings is 2. The molecule has 162 valence electrons. The Morgan fingerprint density at radius 2 is 1.37 bits per heavy atom. The van der Waals surface area contributed by atoms with Gasteiger partial charge in [0.25, 0.3) is 5.91 Å². The van der Waals surface area contributed by atoms with Gasteiger partial charge in [-0.05, 0) is 59.9 Å². The largest absolute Gasteiger partial charge is 0.458 e. The molecule has 1 N–H and O–H groups in total. The minimum absolute atomic E-state index is 0.101. The van der Waals surface area contributed by atoms with Gasteiger partial charge in [0.1, 0.15) is 17.7 Å². The van der Waals surface area contributed by atoms with E-state index < -0.39 is 29.1 Å². The number of rotatable bonds is 7. The van der Waals surface area contributed by atoms with Crippen LogP contribution in [0, 0.1) is 28.9 Å². The van der Waals surface area contributed by atoms with E-state index in [-0.39, 0.29) is 29.9 Å². The molecular formula is C24H29F2NO3. The Hall–Kier alpha value is -2.76. The van der Waals surface area contributed by atoms with Crippen molar-refractivity contribution in [3.05, 3.63) is 71.3 Å². The van der Waals surface area contributed by atoms with Crippen molar-refractivity contribution in [2.45, 2.75) is 40.7 Å². The van der Waals surface area contributed by atoms with Crippen molar-refractivity contribution in [2.75, 3.05) is 6.54 Å². The van der Waals surface area contributed by atoms with E-state index >= 15 is 0 Å². The lowest BCUT2D eigenvalue weighted by Crippen LogP contribution is -2.46. The standard InChI is InChI=1S/C24H29F2NO3/c1-15(2)20(14-27-22(28)16-6-10-18(25)11-7-16)21(24(3,4)5)30-23(29)17-8-12-19(26)13-9-17/h6-13,15,20-21H,14H2,1-5H3,(H,27,28). The highest BCUT2D eigenvalue weighted by atomic mass is 19.1. The summed E-state index contributed by atoms with van der Waals surface area (Å²) >= 11 is 0. The Morgan fingerprint density at radius 1 is 0.900 bits per heavy atom. The first-order valence-corrected chi connectivity index (χ1v) is 9.99. The minimum atomic E-state index is -0.537. The number of halogens is 2. The summed E-state index contributed by atoms with van der Waals surface area (Å²) in [4.78, 5) is 25.1. The summed E-state index contributed by atoms with van der Waals surface area (Å²) in [6, 6.07) is 10.5. The summed E-state index contributed by atoms with van der Waals surface area (Å²) in [7, 11) is 0. The van der Waals surface area contributed by atoms with Gasteiger partial charge < -0.3 is 10.1 Å². The van der Waals surface area contributed by atoms with Crippen molar-refractivity contribution < 1.29 is 23.1 Å². The number of amides is 1. The van der Waals surface area contributed by atoms with Gasteiger partial charge in [-0.2, -0.15) is 0 Å². The fourth-order valence-electron chi connectivity index (χ4n) is 3.28. The number of hydrogen-bond acceptors (Lipinski definition) is 3. The highest BCUT2D eigenvalue weighted by Crippen LogP contribution is 2.33. The van der Waals surface area contributed by atoms with Gasteiger partial charge in [0.05, 0.1) is 5.56 Å². The van der Waals surface area contributed by atoms with Crippen molar-refractivity contribution in [1.82, 2.24) is 5.32 Å². The second kappa shape index (κ2) is 9.83. The molecule has 2 rings (SSSR count).